The van der Waals surface area contributed by atoms with Crippen molar-refractivity contribution in [2.75, 3.05) is 32.9 Å². The minimum absolute atomic E-state index is 0.0695. The highest BCUT2D eigenvalue weighted by molar-refractivity contribution is 5.98. The molecule has 0 bridgehead atoms. The number of hydrogen-bond donors (Lipinski definition) is 1. The molecule has 2 aromatic heterocycles. The number of aromatic amines is 1. The maximum Gasteiger partial charge on any atom is 0.343 e. The zero-order valence-electron chi connectivity index (χ0n) is 18.9. The van der Waals surface area contributed by atoms with E-state index >= 15 is 0 Å². The van der Waals surface area contributed by atoms with Crippen LogP contribution in [0.4, 0.5) is 0 Å². The lowest BCUT2D eigenvalue weighted by Gasteiger charge is -2.31. The zero-order chi connectivity index (χ0) is 23.7. The number of fused-ring (bicyclic) bond motifs is 2. The number of esters is 1. The van der Waals surface area contributed by atoms with Gasteiger partial charge in [0, 0.05) is 30.3 Å². The fourth-order valence-corrected chi connectivity index (χ4v) is 4.48. The van der Waals surface area contributed by atoms with E-state index in [2.05, 4.69) is 15.0 Å². The van der Waals surface area contributed by atoms with Gasteiger partial charge in [0.15, 0.2) is 22.9 Å². The van der Waals surface area contributed by atoms with Gasteiger partial charge in [-0.1, -0.05) is 0 Å². The molecular formula is C24H26N4O6. The number of nitrogens with zero attached hydrogens (tertiary/aromatic N) is 3. The molecule has 0 atom stereocenters. The van der Waals surface area contributed by atoms with Gasteiger partial charge in [-0.3, -0.25) is 19.6 Å². The van der Waals surface area contributed by atoms with Crippen LogP contribution in [0.3, 0.4) is 0 Å². The number of Topliss-reactive ketones (excluding diaryl/α,β-unsaturated/α-hetero) is 1. The number of nitrogens with one attached hydrogen (secondary N) is 1. The Bertz CT molecular complexity index is 1290. The predicted molar refractivity (Wildman–Crippen MR) is 122 cm³/mol. The number of piperidine rings is 1. The number of carbonyl (C=O) groups excluding carboxylic acids is 2. The van der Waals surface area contributed by atoms with Crippen LogP contribution < -0.4 is 15.0 Å². The van der Waals surface area contributed by atoms with Gasteiger partial charge in [0.25, 0.3) is 5.56 Å². The number of benzene rings is 1. The van der Waals surface area contributed by atoms with Gasteiger partial charge in [0.1, 0.15) is 18.8 Å². The molecule has 5 rings (SSSR count). The van der Waals surface area contributed by atoms with Gasteiger partial charge in [-0.25, -0.2) is 14.3 Å². The summed E-state index contributed by atoms with van der Waals surface area (Å²) in [7, 11) is 0. The molecule has 0 spiro atoms. The van der Waals surface area contributed by atoms with Crippen LogP contribution in [-0.4, -0.2) is 64.2 Å². The number of ether oxygens (including phenoxy) is 3. The molecule has 0 aliphatic carbocycles. The number of H-pyrrole nitrogens is 1. The van der Waals surface area contributed by atoms with Crippen molar-refractivity contribution >= 4 is 17.4 Å². The molecular weight excluding hydrogens is 440 g/mol. The fourth-order valence-electron chi connectivity index (χ4n) is 4.48. The van der Waals surface area contributed by atoms with Crippen LogP contribution in [0.1, 0.15) is 46.2 Å². The first-order chi connectivity index (χ1) is 16.5. The number of ketones is 1. The van der Waals surface area contributed by atoms with E-state index < -0.39 is 5.97 Å². The summed E-state index contributed by atoms with van der Waals surface area (Å²) < 4.78 is 17.4. The first-order valence-electron chi connectivity index (χ1n) is 11.5. The van der Waals surface area contributed by atoms with E-state index in [1.165, 1.54) is 16.8 Å². The minimum Gasteiger partial charge on any atom is -0.486 e. The van der Waals surface area contributed by atoms with E-state index in [4.69, 9.17) is 14.2 Å². The Morgan fingerprint density at radius 1 is 1.15 bits per heavy atom. The van der Waals surface area contributed by atoms with Crippen LogP contribution in [0.2, 0.25) is 0 Å². The van der Waals surface area contributed by atoms with Crippen molar-refractivity contribution in [3.8, 4) is 11.5 Å². The predicted octanol–water partition coefficient (Wildman–Crippen LogP) is 2.07. The van der Waals surface area contributed by atoms with Crippen molar-refractivity contribution in [3.05, 3.63) is 57.6 Å². The molecule has 1 aromatic carbocycles. The molecule has 2 aliphatic rings. The third kappa shape index (κ3) is 4.28. The molecule has 2 aliphatic heterocycles. The second-order valence-corrected chi connectivity index (χ2v) is 8.43. The normalized spacial score (nSPS) is 16.5. The van der Waals surface area contributed by atoms with E-state index in [-0.39, 0.29) is 35.1 Å². The third-order valence-corrected chi connectivity index (χ3v) is 6.22. The molecule has 10 nitrogen and oxygen atoms in total. The number of carbonyl (C=O) groups is 2. The summed E-state index contributed by atoms with van der Waals surface area (Å²) in [6.07, 6.45) is 2.86. The van der Waals surface area contributed by atoms with Crippen LogP contribution in [0.15, 0.2) is 35.3 Å². The number of likely N-dealkylation sites (tertiary alicyclic amines) is 1. The Balaban J connectivity index is 1.25. The van der Waals surface area contributed by atoms with Crippen molar-refractivity contribution in [1.82, 2.24) is 19.5 Å². The lowest BCUT2D eigenvalue weighted by Crippen LogP contribution is -2.36. The summed E-state index contributed by atoms with van der Waals surface area (Å²) >= 11 is 0. The smallest absolute Gasteiger partial charge is 0.343 e. The van der Waals surface area contributed by atoms with Gasteiger partial charge in [0.05, 0.1) is 12.3 Å². The van der Waals surface area contributed by atoms with Crippen molar-refractivity contribution in [1.29, 1.82) is 0 Å². The Morgan fingerprint density at radius 3 is 2.68 bits per heavy atom. The number of rotatable bonds is 6. The maximum atomic E-state index is 13.0. The number of aromatic nitrogens is 3. The van der Waals surface area contributed by atoms with Gasteiger partial charge in [-0.2, -0.15) is 0 Å². The van der Waals surface area contributed by atoms with E-state index in [1.807, 2.05) is 0 Å². The molecule has 1 N–H and O–H groups in total. The Hall–Kier alpha value is -3.66. The standard InChI is InChI=1S/C24H26N4O6/c1-2-32-24(31)18-13-25-28-21(29)12-17(26-23(18)28)14-27-7-5-15(6-8-27)22(30)16-3-4-19-20(11-16)34-10-9-33-19/h3-4,11-13,15,25H,2,5-10,14H2,1H3. The van der Waals surface area contributed by atoms with Gasteiger partial charge in [-0.05, 0) is 51.1 Å². The second-order valence-electron chi connectivity index (χ2n) is 8.43. The molecule has 0 amide bonds. The van der Waals surface area contributed by atoms with Gasteiger partial charge < -0.3 is 14.2 Å². The van der Waals surface area contributed by atoms with Crippen LogP contribution in [0, 0.1) is 5.92 Å². The summed E-state index contributed by atoms with van der Waals surface area (Å²) in [4.78, 5) is 44.4. The molecule has 34 heavy (non-hydrogen) atoms. The Morgan fingerprint density at radius 2 is 1.91 bits per heavy atom. The molecule has 0 unspecified atom stereocenters. The highest BCUT2D eigenvalue weighted by atomic mass is 16.6. The molecule has 178 valence electrons. The lowest BCUT2D eigenvalue weighted by atomic mass is 9.88. The summed E-state index contributed by atoms with van der Waals surface area (Å²) in [5, 5.41) is 2.75. The molecule has 0 radical (unpaired) electrons. The van der Waals surface area contributed by atoms with Crippen molar-refractivity contribution in [2.24, 2.45) is 5.92 Å². The van der Waals surface area contributed by atoms with E-state index in [0.29, 0.717) is 68.4 Å². The SMILES string of the molecule is CCOC(=O)c1c[nH]n2c(=O)cc(CN3CCC(C(=O)c4ccc5c(c4)OCCO5)CC3)nc12. The zero-order valence-corrected chi connectivity index (χ0v) is 18.9. The monoisotopic (exact) mass is 466 g/mol. The highest BCUT2D eigenvalue weighted by Gasteiger charge is 2.27. The summed E-state index contributed by atoms with van der Waals surface area (Å²) in [6.45, 7) is 4.83. The van der Waals surface area contributed by atoms with Crippen molar-refractivity contribution < 1.29 is 23.8 Å². The highest BCUT2D eigenvalue weighted by Crippen LogP contribution is 2.32. The Kier molecular flexibility index (Phi) is 6.06. The average Bonchev–Trinajstić information content (AvgIpc) is 3.29. The molecule has 1 fully saturated rings. The number of hydrogen-bond acceptors (Lipinski definition) is 8. The average molecular weight is 466 g/mol. The van der Waals surface area contributed by atoms with E-state index in [0.717, 1.165) is 0 Å². The largest absolute Gasteiger partial charge is 0.486 e. The molecule has 1 saturated heterocycles. The van der Waals surface area contributed by atoms with Crippen molar-refractivity contribution in [2.45, 2.75) is 26.3 Å². The molecule has 4 heterocycles. The summed E-state index contributed by atoms with van der Waals surface area (Å²) in [5.41, 5.74) is 1.40. The van der Waals surface area contributed by atoms with Crippen LogP contribution >= 0.6 is 0 Å². The molecule has 10 heteroatoms. The first-order valence-corrected chi connectivity index (χ1v) is 11.5. The topological polar surface area (TPSA) is 115 Å². The lowest BCUT2D eigenvalue weighted by molar-refractivity contribution is 0.0528. The second kappa shape index (κ2) is 9.30. The van der Waals surface area contributed by atoms with Crippen LogP contribution in [0.5, 0.6) is 11.5 Å². The fraction of sp³-hybridized carbons (Fsp3) is 0.417. The van der Waals surface area contributed by atoms with Gasteiger partial charge in [0.2, 0.25) is 0 Å². The minimum atomic E-state index is -0.524. The van der Waals surface area contributed by atoms with Gasteiger partial charge >= 0.3 is 5.97 Å². The van der Waals surface area contributed by atoms with E-state index in [1.54, 1.807) is 25.1 Å². The van der Waals surface area contributed by atoms with Crippen LogP contribution in [0.25, 0.3) is 5.65 Å². The van der Waals surface area contributed by atoms with Crippen molar-refractivity contribution in [3.63, 3.8) is 0 Å². The van der Waals surface area contributed by atoms with Gasteiger partial charge in [-0.15, -0.1) is 0 Å². The maximum absolute atomic E-state index is 13.0. The molecule has 3 aromatic rings. The summed E-state index contributed by atoms with van der Waals surface area (Å²) in [5.74, 6) is 0.810. The first kappa shape index (κ1) is 22.1. The Labute approximate surface area is 195 Å². The van der Waals surface area contributed by atoms with E-state index in [9.17, 15) is 14.4 Å². The quantitative estimate of drug-likeness (QED) is 0.434. The summed E-state index contributed by atoms with van der Waals surface area (Å²) in [6, 6.07) is 6.83. The van der Waals surface area contributed by atoms with Crippen LogP contribution in [-0.2, 0) is 11.3 Å². The molecule has 0 saturated carbocycles. The third-order valence-electron chi connectivity index (χ3n) is 6.22.